The Hall–Kier alpha value is -1.78. The minimum atomic E-state index is -0.113. The van der Waals surface area contributed by atoms with Crippen LogP contribution in [0.15, 0.2) is 18.3 Å². The molecule has 0 atom stereocenters. The molecule has 0 aliphatic heterocycles. The average molecular weight is 263 g/mol. The van der Waals surface area contributed by atoms with E-state index >= 15 is 0 Å². The number of hydrogen-bond acceptors (Lipinski definition) is 3. The first-order chi connectivity index (χ1) is 9.20. The van der Waals surface area contributed by atoms with Gasteiger partial charge in [0.2, 0.25) is 5.88 Å². The monoisotopic (exact) mass is 263 g/mol. The molecule has 0 spiro atoms. The van der Waals surface area contributed by atoms with Crippen molar-refractivity contribution in [2.75, 3.05) is 26.0 Å². The Morgan fingerprint density at radius 1 is 1.53 bits per heavy atom. The van der Waals surface area contributed by atoms with E-state index in [1.165, 1.54) is 25.7 Å². The molecule has 0 radical (unpaired) electrons. The summed E-state index contributed by atoms with van der Waals surface area (Å²) in [6.45, 7) is 0.814. The lowest BCUT2D eigenvalue weighted by molar-refractivity contribution is 0.214. The van der Waals surface area contributed by atoms with Crippen molar-refractivity contribution in [3.05, 3.63) is 18.3 Å². The zero-order valence-corrected chi connectivity index (χ0v) is 11.6. The molecule has 0 aromatic carbocycles. The number of nitrogens with one attached hydrogen (secondary N) is 1. The second-order valence-corrected chi connectivity index (χ2v) is 5.02. The Morgan fingerprint density at radius 2 is 2.26 bits per heavy atom. The van der Waals surface area contributed by atoms with E-state index in [9.17, 15) is 4.79 Å². The van der Waals surface area contributed by atoms with Crippen molar-refractivity contribution in [3.63, 3.8) is 0 Å². The molecule has 1 N–H and O–H groups in total. The standard InChI is InChI=1S/C14H21N3O2/c1-17(10-11-6-3-4-7-11)14(18)16-12-8-5-9-15-13(12)19-2/h5,8-9,11H,3-4,6-7,10H2,1-2H3,(H,16,18). The first-order valence-corrected chi connectivity index (χ1v) is 6.72. The second-order valence-electron chi connectivity index (χ2n) is 5.02. The minimum absolute atomic E-state index is 0.113. The summed E-state index contributed by atoms with van der Waals surface area (Å²) in [7, 11) is 3.37. The fourth-order valence-electron chi connectivity index (χ4n) is 2.52. The molecule has 0 bridgehead atoms. The number of urea groups is 1. The van der Waals surface area contributed by atoms with E-state index in [1.807, 2.05) is 7.05 Å². The average Bonchev–Trinajstić information content (AvgIpc) is 2.92. The number of ether oxygens (including phenoxy) is 1. The molecule has 1 aromatic rings. The van der Waals surface area contributed by atoms with Gasteiger partial charge in [0.25, 0.3) is 0 Å². The number of amides is 2. The Balaban J connectivity index is 1.92. The smallest absolute Gasteiger partial charge is 0.321 e. The summed E-state index contributed by atoms with van der Waals surface area (Å²) in [6.07, 6.45) is 6.67. The molecular weight excluding hydrogens is 242 g/mol. The van der Waals surface area contributed by atoms with Crippen LogP contribution < -0.4 is 10.1 Å². The predicted molar refractivity (Wildman–Crippen MR) is 74.4 cm³/mol. The van der Waals surface area contributed by atoms with Crippen LogP contribution in [0.4, 0.5) is 10.5 Å². The van der Waals surface area contributed by atoms with Gasteiger partial charge in [-0.3, -0.25) is 0 Å². The summed E-state index contributed by atoms with van der Waals surface area (Å²) >= 11 is 0. The van der Waals surface area contributed by atoms with Crippen molar-refractivity contribution in [2.45, 2.75) is 25.7 Å². The highest BCUT2D eigenvalue weighted by molar-refractivity contribution is 5.90. The van der Waals surface area contributed by atoms with E-state index in [-0.39, 0.29) is 6.03 Å². The van der Waals surface area contributed by atoms with E-state index in [2.05, 4.69) is 10.3 Å². The third-order valence-corrected chi connectivity index (χ3v) is 3.56. The lowest BCUT2D eigenvalue weighted by Gasteiger charge is -2.21. The molecule has 2 rings (SSSR count). The highest BCUT2D eigenvalue weighted by Crippen LogP contribution is 2.25. The third kappa shape index (κ3) is 3.59. The fourth-order valence-corrected chi connectivity index (χ4v) is 2.52. The number of carbonyl (C=O) groups is 1. The highest BCUT2D eigenvalue weighted by atomic mass is 16.5. The van der Waals surface area contributed by atoms with E-state index in [0.29, 0.717) is 17.5 Å². The molecule has 104 valence electrons. The summed E-state index contributed by atoms with van der Waals surface area (Å²) in [5.41, 5.74) is 0.605. The zero-order chi connectivity index (χ0) is 13.7. The van der Waals surface area contributed by atoms with Gasteiger partial charge in [-0.05, 0) is 30.9 Å². The summed E-state index contributed by atoms with van der Waals surface area (Å²) in [5, 5.41) is 2.83. The van der Waals surface area contributed by atoms with Crippen molar-refractivity contribution in [1.29, 1.82) is 0 Å². The van der Waals surface area contributed by atoms with Crippen molar-refractivity contribution < 1.29 is 9.53 Å². The van der Waals surface area contributed by atoms with Crippen LogP contribution in [0.3, 0.4) is 0 Å². The number of methoxy groups -OCH3 is 1. The maximum atomic E-state index is 12.1. The van der Waals surface area contributed by atoms with Gasteiger partial charge in [-0.1, -0.05) is 12.8 Å². The molecule has 5 nitrogen and oxygen atoms in total. The van der Waals surface area contributed by atoms with Gasteiger partial charge >= 0.3 is 6.03 Å². The van der Waals surface area contributed by atoms with E-state index in [4.69, 9.17) is 4.74 Å². The predicted octanol–water partition coefficient (Wildman–Crippen LogP) is 2.74. The van der Waals surface area contributed by atoms with Crippen LogP contribution in [0.25, 0.3) is 0 Å². The normalized spacial score (nSPS) is 15.3. The van der Waals surface area contributed by atoms with Crippen LogP contribution in [-0.2, 0) is 0 Å². The van der Waals surface area contributed by atoms with Gasteiger partial charge < -0.3 is 15.0 Å². The van der Waals surface area contributed by atoms with Crippen molar-refractivity contribution in [3.8, 4) is 5.88 Å². The first kappa shape index (κ1) is 13.6. The maximum Gasteiger partial charge on any atom is 0.321 e. The van der Waals surface area contributed by atoms with Crippen LogP contribution in [0.1, 0.15) is 25.7 Å². The van der Waals surface area contributed by atoms with E-state index in [0.717, 1.165) is 6.54 Å². The number of aromatic nitrogens is 1. The molecule has 1 fully saturated rings. The molecule has 2 amide bonds. The van der Waals surface area contributed by atoms with Crippen molar-refractivity contribution >= 4 is 11.7 Å². The fraction of sp³-hybridized carbons (Fsp3) is 0.571. The van der Waals surface area contributed by atoms with Gasteiger partial charge in [0, 0.05) is 19.8 Å². The molecule has 1 aliphatic rings. The summed E-state index contributed by atoms with van der Waals surface area (Å²) < 4.78 is 5.12. The molecular formula is C14H21N3O2. The summed E-state index contributed by atoms with van der Waals surface area (Å²) in [6, 6.07) is 3.45. The number of carbonyl (C=O) groups excluding carboxylic acids is 1. The van der Waals surface area contributed by atoms with Gasteiger partial charge in [-0.15, -0.1) is 0 Å². The van der Waals surface area contributed by atoms with Crippen LogP contribution in [0.5, 0.6) is 5.88 Å². The molecule has 1 aliphatic carbocycles. The summed E-state index contributed by atoms with van der Waals surface area (Å²) in [5.74, 6) is 1.08. The Bertz CT molecular complexity index is 430. The van der Waals surface area contributed by atoms with Crippen molar-refractivity contribution in [2.24, 2.45) is 5.92 Å². The molecule has 0 saturated heterocycles. The van der Waals surface area contributed by atoms with Crippen LogP contribution in [-0.4, -0.2) is 36.6 Å². The quantitative estimate of drug-likeness (QED) is 0.908. The number of pyridine rings is 1. The molecule has 1 heterocycles. The molecule has 1 saturated carbocycles. The first-order valence-electron chi connectivity index (χ1n) is 6.72. The lowest BCUT2D eigenvalue weighted by Crippen LogP contribution is -2.34. The van der Waals surface area contributed by atoms with E-state index in [1.54, 1.807) is 30.3 Å². The number of anilines is 1. The SMILES string of the molecule is COc1ncccc1NC(=O)N(C)CC1CCCC1. The molecule has 5 heteroatoms. The topological polar surface area (TPSA) is 54.5 Å². The molecule has 0 unspecified atom stereocenters. The number of rotatable bonds is 4. The summed E-state index contributed by atoms with van der Waals surface area (Å²) in [4.78, 5) is 17.9. The second kappa shape index (κ2) is 6.41. The van der Waals surface area contributed by atoms with Crippen LogP contribution >= 0.6 is 0 Å². The van der Waals surface area contributed by atoms with Crippen molar-refractivity contribution in [1.82, 2.24) is 9.88 Å². The van der Waals surface area contributed by atoms with Crippen LogP contribution in [0.2, 0.25) is 0 Å². The third-order valence-electron chi connectivity index (χ3n) is 3.56. The Labute approximate surface area is 114 Å². The Morgan fingerprint density at radius 3 is 2.95 bits per heavy atom. The van der Waals surface area contributed by atoms with Crippen LogP contribution in [0, 0.1) is 5.92 Å². The Kier molecular flexibility index (Phi) is 4.60. The van der Waals surface area contributed by atoms with Gasteiger partial charge in [0.15, 0.2) is 0 Å². The highest BCUT2D eigenvalue weighted by Gasteiger charge is 2.20. The van der Waals surface area contributed by atoms with Gasteiger partial charge in [-0.2, -0.15) is 0 Å². The molecule has 1 aromatic heterocycles. The molecule has 19 heavy (non-hydrogen) atoms. The minimum Gasteiger partial charge on any atom is -0.480 e. The van der Waals surface area contributed by atoms with E-state index < -0.39 is 0 Å². The number of hydrogen-bond donors (Lipinski definition) is 1. The lowest BCUT2D eigenvalue weighted by atomic mass is 10.1. The maximum absolute atomic E-state index is 12.1. The van der Waals surface area contributed by atoms with Gasteiger partial charge in [0.1, 0.15) is 5.69 Å². The van der Waals surface area contributed by atoms with Gasteiger partial charge in [-0.25, -0.2) is 9.78 Å². The zero-order valence-electron chi connectivity index (χ0n) is 11.6. The number of nitrogens with zero attached hydrogens (tertiary/aromatic N) is 2. The largest absolute Gasteiger partial charge is 0.480 e. The van der Waals surface area contributed by atoms with Gasteiger partial charge in [0.05, 0.1) is 7.11 Å².